The highest BCUT2D eigenvalue weighted by atomic mass is 16.5. The van der Waals surface area contributed by atoms with Crippen LogP contribution in [-0.2, 0) is 21.6 Å². The third-order valence-electron chi connectivity index (χ3n) is 3.86. The Morgan fingerprint density at radius 1 is 1.20 bits per heavy atom. The number of nitrogens with zero attached hydrogens (tertiary/aromatic N) is 1. The van der Waals surface area contributed by atoms with Crippen LogP contribution in [0.3, 0.4) is 0 Å². The Balaban J connectivity index is 2.19. The van der Waals surface area contributed by atoms with E-state index in [1.807, 2.05) is 30.3 Å². The van der Waals surface area contributed by atoms with Gasteiger partial charge in [-0.25, -0.2) is 4.79 Å². The summed E-state index contributed by atoms with van der Waals surface area (Å²) < 4.78 is 10.8. The van der Waals surface area contributed by atoms with Crippen molar-refractivity contribution in [1.82, 2.24) is 0 Å². The van der Waals surface area contributed by atoms with Gasteiger partial charge in [0.05, 0.1) is 12.7 Å². The fourth-order valence-electron chi connectivity index (χ4n) is 2.52. The zero-order valence-corrected chi connectivity index (χ0v) is 14.3. The van der Waals surface area contributed by atoms with Crippen LogP contribution >= 0.6 is 0 Å². The van der Waals surface area contributed by atoms with Gasteiger partial charge in [-0.1, -0.05) is 48.5 Å². The second kappa shape index (κ2) is 8.70. The molecule has 0 aliphatic heterocycles. The average molecular weight is 335 g/mol. The van der Waals surface area contributed by atoms with Crippen LogP contribution in [-0.4, -0.2) is 12.6 Å². The predicted octanol–water partition coefficient (Wildman–Crippen LogP) is 4.17. The Labute approximate surface area is 148 Å². The van der Waals surface area contributed by atoms with Gasteiger partial charge in [-0.2, -0.15) is 5.26 Å². The Hall–Kier alpha value is -3.06. The van der Waals surface area contributed by atoms with Gasteiger partial charge in [0.1, 0.15) is 12.4 Å². The molecule has 4 heteroatoms. The summed E-state index contributed by atoms with van der Waals surface area (Å²) in [5.41, 5.74) is 0.256. The standard InChI is InChI=1S/C21H21NO3/c1-3-14-21(16-22,20(23)24-4-2)18-10-12-19(13-11-18)25-15-17-8-6-5-7-9-17/h3,5-13H,1,4,14-15H2,2H3. The lowest BCUT2D eigenvalue weighted by atomic mass is 9.79. The molecule has 1 atom stereocenters. The van der Waals surface area contributed by atoms with Crippen LogP contribution in [0.25, 0.3) is 0 Å². The third kappa shape index (κ3) is 4.27. The van der Waals surface area contributed by atoms with Crippen LogP contribution in [0.15, 0.2) is 67.3 Å². The number of nitriles is 1. The lowest BCUT2D eigenvalue weighted by Gasteiger charge is -2.23. The molecule has 25 heavy (non-hydrogen) atoms. The zero-order chi connectivity index (χ0) is 18.1. The molecular formula is C21H21NO3. The van der Waals surface area contributed by atoms with Gasteiger partial charge in [0, 0.05) is 0 Å². The summed E-state index contributed by atoms with van der Waals surface area (Å²) in [6.45, 7) is 6.05. The maximum Gasteiger partial charge on any atom is 0.331 e. The SMILES string of the molecule is C=CCC(C#N)(C(=O)OCC)c1ccc(OCc2ccccc2)cc1. The van der Waals surface area contributed by atoms with Crippen molar-refractivity contribution >= 4 is 5.97 Å². The Morgan fingerprint density at radius 2 is 1.88 bits per heavy atom. The molecule has 0 saturated heterocycles. The average Bonchev–Trinajstić information content (AvgIpc) is 2.66. The monoisotopic (exact) mass is 335 g/mol. The molecule has 0 fully saturated rings. The molecule has 0 aliphatic carbocycles. The second-order valence-electron chi connectivity index (χ2n) is 5.53. The molecular weight excluding hydrogens is 314 g/mol. The van der Waals surface area contributed by atoms with Gasteiger partial charge < -0.3 is 9.47 Å². The van der Waals surface area contributed by atoms with Gasteiger partial charge >= 0.3 is 5.97 Å². The van der Waals surface area contributed by atoms with Gasteiger partial charge in [0.2, 0.25) is 0 Å². The Bertz CT molecular complexity index is 747. The number of ether oxygens (including phenoxy) is 2. The fraction of sp³-hybridized carbons (Fsp3) is 0.238. The van der Waals surface area contributed by atoms with Crippen molar-refractivity contribution in [3.8, 4) is 11.8 Å². The first-order valence-corrected chi connectivity index (χ1v) is 8.13. The van der Waals surface area contributed by atoms with Gasteiger partial charge in [-0.15, -0.1) is 6.58 Å². The van der Waals surface area contributed by atoms with E-state index < -0.39 is 11.4 Å². The van der Waals surface area contributed by atoms with E-state index in [4.69, 9.17) is 9.47 Å². The molecule has 0 aromatic heterocycles. The van der Waals surface area contributed by atoms with Crippen molar-refractivity contribution in [3.63, 3.8) is 0 Å². The van der Waals surface area contributed by atoms with Crippen LogP contribution in [0.5, 0.6) is 5.75 Å². The number of carbonyl (C=O) groups is 1. The first-order valence-electron chi connectivity index (χ1n) is 8.13. The van der Waals surface area contributed by atoms with Crippen LogP contribution in [0.4, 0.5) is 0 Å². The van der Waals surface area contributed by atoms with Crippen molar-refractivity contribution in [2.24, 2.45) is 0 Å². The molecule has 2 rings (SSSR count). The van der Waals surface area contributed by atoms with Crippen molar-refractivity contribution in [2.45, 2.75) is 25.4 Å². The minimum Gasteiger partial charge on any atom is -0.489 e. The minimum absolute atomic E-state index is 0.187. The molecule has 2 aromatic carbocycles. The van der Waals surface area contributed by atoms with Gasteiger partial charge in [0.25, 0.3) is 0 Å². The number of carbonyl (C=O) groups excluding carboxylic acids is 1. The molecule has 128 valence electrons. The minimum atomic E-state index is -1.38. The second-order valence-corrected chi connectivity index (χ2v) is 5.53. The lowest BCUT2D eigenvalue weighted by Crippen LogP contribution is -2.35. The largest absolute Gasteiger partial charge is 0.489 e. The molecule has 0 heterocycles. The van der Waals surface area contributed by atoms with Gasteiger partial charge in [-0.3, -0.25) is 0 Å². The van der Waals surface area contributed by atoms with Crippen molar-refractivity contribution < 1.29 is 14.3 Å². The van der Waals surface area contributed by atoms with Crippen LogP contribution < -0.4 is 4.74 Å². The summed E-state index contributed by atoms with van der Waals surface area (Å²) in [6, 6.07) is 18.9. The van der Waals surface area contributed by atoms with E-state index in [0.717, 1.165) is 5.56 Å². The van der Waals surface area contributed by atoms with Crippen LogP contribution in [0.1, 0.15) is 24.5 Å². The summed E-state index contributed by atoms with van der Waals surface area (Å²) >= 11 is 0. The van der Waals surface area contributed by atoms with Crippen molar-refractivity contribution in [3.05, 3.63) is 78.4 Å². The highest BCUT2D eigenvalue weighted by molar-refractivity contribution is 5.87. The molecule has 0 radical (unpaired) electrons. The summed E-state index contributed by atoms with van der Waals surface area (Å²) in [4.78, 5) is 12.4. The van der Waals surface area contributed by atoms with Gasteiger partial charge in [0.15, 0.2) is 5.41 Å². The molecule has 0 aliphatic rings. The zero-order valence-electron chi connectivity index (χ0n) is 14.3. The molecule has 4 nitrogen and oxygen atoms in total. The van der Waals surface area contributed by atoms with E-state index in [2.05, 4.69) is 12.6 Å². The predicted molar refractivity (Wildman–Crippen MR) is 96.0 cm³/mol. The molecule has 0 saturated carbocycles. The van der Waals surface area contributed by atoms with Gasteiger partial charge in [-0.05, 0) is 36.6 Å². The van der Waals surface area contributed by atoms with Crippen molar-refractivity contribution in [2.75, 3.05) is 6.61 Å². The number of hydrogen-bond acceptors (Lipinski definition) is 4. The molecule has 2 aromatic rings. The highest BCUT2D eigenvalue weighted by Crippen LogP contribution is 2.31. The summed E-state index contributed by atoms with van der Waals surface area (Å²) in [5.74, 6) is 0.109. The van der Waals surface area contributed by atoms with E-state index in [0.29, 0.717) is 17.9 Å². The maximum atomic E-state index is 12.4. The summed E-state index contributed by atoms with van der Waals surface area (Å²) in [7, 11) is 0. The highest BCUT2D eigenvalue weighted by Gasteiger charge is 2.41. The van der Waals surface area contributed by atoms with E-state index >= 15 is 0 Å². The number of allylic oxidation sites excluding steroid dienone is 1. The Morgan fingerprint density at radius 3 is 2.44 bits per heavy atom. The Kier molecular flexibility index (Phi) is 6.36. The van der Waals surface area contributed by atoms with Crippen molar-refractivity contribution in [1.29, 1.82) is 5.26 Å². The molecule has 0 spiro atoms. The lowest BCUT2D eigenvalue weighted by molar-refractivity contribution is -0.147. The van der Waals surface area contributed by atoms with Crippen LogP contribution in [0, 0.1) is 11.3 Å². The number of hydrogen-bond donors (Lipinski definition) is 0. The van der Waals surface area contributed by atoms with E-state index in [1.54, 1.807) is 37.3 Å². The fourth-order valence-corrected chi connectivity index (χ4v) is 2.52. The maximum absolute atomic E-state index is 12.4. The third-order valence-corrected chi connectivity index (χ3v) is 3.86. The van der Waals surface area contributed by atoms with E-state index in [9.17, 15) is 10.1 Å². The first-order chi connectivity index (χ1) is 12.2. The topological polar surface area (TPSA) is 59.3 Å². The van der Waals surface area contributed by atoms with E-state index in [-0.39, 0.29) is 13.0 Å². The number of rotatable bonds is 8. The number of esters is 1. The molecule has 0 bridgehead atoms. The quantitative estimate of drug-likeness (QED) is 0.537. The molecule has 0 N–H and O–H groups in total. The molecule has 0 amide bonds. The van der Waals surface area contributed by atoms with E-state index in [1.165, 1.54) is 0 Å². The summed E-state index contributed by atoms with van der Waals surface area (Å²) in [5, 5.41) is 9.65. The smallest absolute Gasteiger partial charge is 0.331 e. The summed E-state index contributed by atoms with van der Waals surface area (Å²) in [6.07, 6.45) is 1.74. The van der Waals surface area contributed by atoms with Crippen LogP contribution in [0.2, 0.25) is 0 Å². The first kappa shape index (κ1) is 18.3. The molecule has 1 unspecified atom stereocenters. The number of benzene rings is 2. The normalized spacial score (nSPS) is 12.5.